The number of piperidine rings is 1. The molecule has 1 aliphatic heterocycles. The summed E-state index contributed by atoms with van der Waals surface area (Å²) in [6.07, 6.45) is -3.71. The van der Waals surface area contributed by atoms with Crippen LogP contribution in [-0.2, 0) is 15.8 Å². The Labute approximate surface area is 124 Å². The summed E-state index contributed by atoms with van der Waals surface area (Å²) in [7, 11) is 0. The van der Waals surface area contributed by atoms with Gasteiger partial charge in [-0.1, -0.05) is 6.07 Å². The van der Waals surface area contributed by atoms with Crippen LogP contribution in [0.3, 0.4) is 0 Å². The van der Waals surface area contributed by atoms with Crippen LogP contribution in [0.25, 0.3) is 0 Å². The van der Waals surface area contributed by atoms with Gasteiger partial charge in [0, 0.05) is 37.3 Å². The van der Waals surface area contributed by atoms with Crippen molar-refractivity contribution in [1.82, 2.24) is 4.90 Å². The second kappa shape index (κ2) is 6.17. The highest BCUT2D eigenvalue weighted by Gasteiger charge is 2.31. The van der Waals surface area contributed by atoms with Crippen molar-refractivity contribution in [3.8, 4) is 0 Å². The van der Waals surface area contributed by atoms with E-state index in [1.54, 1.807) is 0 Å². The van der Waals surface area contributed by atoms with Crippen molar-refractivity contribution >= 4 is 23.2 Å². The summed E-state index contributed by atoms with van der Waals surface area (Å²) < 4.78 is 37.8. The largest absolute Gasteiger partial charge is 0.416 e. The summed E-state index contributed by atoms with van der Waals surface area (Å²) >= 11 is 0. The number of halogens is 3. The predicted molar refractivity (Wildman–Crippen MR) is 73.6 cm³/mol. The lowest BCUT2D eigenvalue weighted by molar-refractivity contribution is -0.143. The second-order valence-electron chi connectivity index (χ2n) is 4.93. The molecule has 1 fully saturated rings. The molecule has 0 spiro atoms. The Balaban J connectivity index is 2.02. The van der Waals surface area contributed by atoms with E-state index >= 15 is 0 Å². The Morgan fingerprint density at radius 3 is 2.41 bits per heavy atom. The Bertz CT molecular complexity index is 604. The van der Waals surface area contributed by atoms with Crippen LogP contribution < -0.4 is 5.32 Å². The number of hydrogen-bond donors (Lipinski definition) is 2. The molecule has 0 aliphatic carbocycles. The minimum Gasteiger partial charge on any atom is -0.334 e. The van der Waals surface area contributed by atoms with Gasteiger partial charge in [0.15, 0.2) is 0 Å². The molecule has 0 bridgehead atoms. The van der Waals surface area contributed by atoms with Crippen molar-refractivity contribution in [3.05, 3.63) is 29.8 Å². The number of rotatable bonds is 1. The van der Waals surface area contributed by atoms with E-state index in [1.165, 1.54) is 11.0 Å². The third-order valence-corrected chi connectivity index (χ3v) is 3.30. The van der Waals surface area contributed by atoms with Gasteiger partial charge in [-0.3, -0.25) is 9.59 Å². The summed E-state index contributed by atoms with van der Waals surface area (Å²) in [5.74, 6) is -1.78. The summed E-state index contributed by atoms with van der Waals surface area (Å²) in [5.41, 5.74) is -0.468. The van der Waals surface area contributed by atoms with Crippen LogP contribution in [0.1, 0.15) is 18.4 Å². The minimum atomic E-state index is -4.52. The van der Waals surface area contributed by atoms with Gasteiger partial charge in [0.1, 0.15) is 0 Å². The van der Waals surface area contributed by atoms with E-state index < -0.39 is 23.6 Å². The number of nitrogens with one attached hydrogen (secondary N) is 2. The van der Waals surface area contributed by atoms with Gasteiger partial charge in [0.2, 0.25) is 0 Å². The average molecular weight is 313 g/mol. The number of alkyl halides is 3. The van der Waals surface area contributed by atoms with Crippen LogP contribution in [0.15, 0.2) is 24.3 Å². The molecule has 2 amide bonds. The van der Waals surface area contributed by atoms with Gasteiger partial charge in [0.05, 0.1) is 5.56 Å². The Morgan fingerprint density at radius 1 is 1.18 bits per heavy atom. The molecule has 0 aromatic heterocycles. The number of anilines is 1. The SMILES string of the molecule is N=C1CCN(C(=O)C(=O)Nc2cccc(C(F)(F)F)c2)CC1. The molecule has 22 heavy (non-hydrogen) atoms. The molecular formula is C14H14F3N3O2. The molecule has 1 aromatic rings. The molecule has 0 unspecified atom stereocenters. The molecule has 1 saturated heterocycles. The first-order valence-corrected chi connectivity index (χ1v) is 6.61. The van der Waals surface area contributed by atoms with Gasteiger partial charge in [0.25, 0.3) is 0 Å². The number of amides is 2. The first-order chi connectivity index (χ1) is 10.3. The van der Waals surface area contributed by atoms with Crippen molar-refractivity contribution in [1.29, 1.82) is 5.41 Å². The molecule has 5 nitrogen and oxygen atoms in total. The molecule has 8 heteroatoms. The number of carbonyl (C=O) groups is 2. The van der Waals surface area contributed by atoms with Gasteiger partial charge < -0.3 is 15.6 Å². The van der Waals surface area contributed by atoms with Gasteiger partial charge in [-0.25, -0.2) is 0 Å². The van der Waals surface area contributed by atoms with E-state index in [2.05, 4.69) is 5.32 Å². The molecule has 1 aromatic carbocycles. The zero-order valence-electron chi connectivity index (χ0n) is 11.5. The highest BCUT2D eigenvalue weighted by atomic mass is 19.4. The van der Waals surface area contributed by atoms with Crippen LogP contribution in [0.2, 0.25) is 0 Å². The fourth-order valence-corrected chi connectivity index (χ4v) is 2.08. The summed E-state index contributed by atoms with van der Waals surface area (Å²) in [6.45, 7) is 0.543. The van der Waals surface area contributed by atoms with Crippen molar-refractivity contribution in [2.45, 2.75) is 19.0 Å². The zero-order valence-corrected chi connectivity index (χ0v) is 11.5. The van der Waals surface area contributed by atoms with Crippen molar-refractivity contribution in [2.24, 2.45) is 0 Å². The summed E-state index contributed by atoms with van der Waals surface area (Å²) in [6, 6.07) is 4.10. The molecule has 0 saturated carbocycles. The van der Waals surface area contributed by atoms with Crippen LogP contribution >= 0.6 is 0 Å². The number of likely N-dealkylation sites (tertiary alicyclic amines) is 1. The summed E-state index contributed by atoms with van der Waals surface area (Å²) in [4.78, 5) is 25.0. The molecule has 2 N–H and O–H groups in total. The van der Waals surface area contributed by atoms with Gasteiger partial charge in [-0.2, -0.15) is 13.2 Å². The first-order valence-electron chi connectivity index (χ1n) is 6.61. The summed E-state index contributed by atoms with van der Waals surface area (Å²) in [5, 5.41) is 9.62. The Morgan fingerprint density at radius 2 is 1.82 bits per heavy atom. The lowest BCUT2D eigenvalue weighted by Gasteiger charge is -2.26. The fraction of sp³-hybridized carbons (Fsp3) is 0.357. The standard InChI is InChI=1S/C14H14F3N3O2/c15-14(16,17)9-2-1-3-11(8-9)19-12(21)13(22)20-6-4-10(18)5-7-20/h1-3,8,18H,4-7H2,(H,19,21). The zero-order chi connectivity index (χ0) is 16.3. The molecule has 1 heterocycles. The quantitative estimate of drug-likeness (QED) is 0.781. The predicted octanol–water partition coefficient (Wildman–Crippen LogP) is 2.29. The second-order valence-corrected chi connectivity index (χ2v) is 4.93. The minimum absolute atomic E-state index is 0.0853. The average Bonchev–Trinajstić information content (AvgIpc) is 2.46. The third-order valence-electron chi connectivity index (χ3n) is 3.30. The van der Waals surface area contributed by atoms with Gasteiger partial charge in [-0.05, 0) is 18.2 Å². The number of hydrogen-bond acceptors (Lipinski definition) is 3. The van der Waals surface area contributed by atoms with Crippen molar-refractivity contribution in [2.75, 3.05) is 18.4 Å². The van der Waals surface area contributed by atoms with E-state index in [-0.39, 0.29) is 18.8 Å². The monoisotopic (exact) mass is 313 g/mol. The van der Waals surface area contributed by atoms with Crippen molar-refractivity contribution < 1.29 is 22.8 Å². The van der Waals surface area contributed by atoms with Crippen LogP contribution in [-0.4, -0.2) is 35.5 Å². The molecule has 118 valence electrons. The van der Waals surface area contributed by atoms with Crippen LogP contribution in [0.4, 0.5) is 18.9 Å². The van der Waals surface area contributed by atoms with E-state index in [9.17, 15) is 22.8 Å². The smallest absolute Gasteiger partial charge is 0.334 e. The molecule has 1 aliphatic rings. The highest BCUT2D eigenvalue weighted by Crippen LogP contribution is 2.30. The van der Waals surface area contributed by atoms with E-state index in [1.807, 2.05) is 0 Å². The maximum absolute atomic E-state index is 12.6. The van der Waals surface area contributed by atoms with Crippen LogP contribution in [0.5, 0.6) is 0 Å². The maximum atomic E-state index is 12.6. The molecule has 2 rings (SSSR count). The number of carbonyl (C=O) groups excluding carboxylic acids is 2. The lowest BCUT2D eigenvalue weighted by atomic mass is 10.1. The normalized spacial score (nSPS) is 15.6. The van der Waals surface area contributed by atoms with E-state index in [0.717, 1.165) is 18.2 Å². The fourth-order valence-electron chi connectivity index (χ4n) is 2.08. The topological polar surface area (TPSA) is 73.3 Å². The van der Waals surface area contributed by atoms with Gasteiger partial charge >= 0.3 is 18.0 Å². The molecule has 0 atom stereocenters. The Hall–Kier alpha value is -2.38. The van der Waals surface area contributed by atoms with Crippen molar-refractivity contribution in [3.63, 3.8) is 0 Å². The molecular weight excluding hydrogens is 299 g/mol. The number of nitrogens with zero attached hydrogens (tertiary/aromatic N) is 1. The van der Waals surface area contributed by atoms with E-state index in [0.29, 0.717) is 18.6 Å². The molecule has 0 radical (unpaired) electrons. The Kier molecular flexibility index (Phi) is 4.48. The third kappa shape index (κ3) is 3.84. The van der Waals surface area contributed by atoms with Crippen LogP contribution in [0, 0.1) is 5.41 Å². The lowest BCUT2D eigenvalue weighted by Crippen LogP contribution is -2.44. The number of benzene rings is 1. The van der Waals surface area contributed by atoms with Gasteiger partial charge in [-0.15, -0.1) is 0 Å². The first kappa shape index (κ1) is 16.0. The highest BCUT2D eigenvalue weighted by molar-refractivity contribution is 6.39. The van der Waals surface area contributed by atoms with E-state index in [4.69, 9.17) is 5.41 Å². The maximum Gasteiger partial charge on any atom is 0.416 e.